The minimum Gasteiger partial charge on any atom is -0.302 e. The third-order valence-corrected chi connectivity index (χ3v) is 4.17. The normalized spacial score (nSPS) is 19.8. The fourth-order valence-electron chi connectivity index (χ4n) is 2.67. The Morgan fingerprint density at radius 1 is 1.53 bits per heavy atom. The van der Waals surface area contributed by atoms with Crippen molar-refractivity contribution in [1.29, 1.82) is 5.26 Å². The molecule has 1 heterocycles. The van der Waals surface area contributed by atoms with E-state index in [1.165, 1.54) is 19.4 Å². The Labute approximate surface area is 120 Å². The lowest BCUT2D eigenvalue weighted by Gasteiger charge is -2.26. The molecule has 0 saturated carbocycles. The van der Waals surface area contributed by atoms with E-state index in [-0.39, 0.29) is 0 Å². The summed E-state index contributed by atoms with van der Waals surface area (Å²) in [5.41, 5.74) is 1.70. The highest BCUT2D eigenvalue weighted by Gasteiger charge is 2.22. The van der Waals surface area contributed by atoms with Crippen molar-refractivity contribution in [3.8, 4) is 6.07 Å². The van der Waals surface area contributed by atoms with Gasteiger partial charge in [-0.05, 0) is 51.2 Å². The largest absolute Gasteiger partial charge is 0.302 e. The molecule has 1 fully saturated rings. The van der Waals surface area contributed by atoms with Gasteiger partial charge in [0.15, 0.2) is 0 Å². The molecular weight excluding hydrogens is 258 g/mol. The van der Waals surface area contributed by atoms with Gasteiger partial charge in [0.1, 0.15) is 0 Å². The van der Waals surface area contributed by atoms with Crippen molar-refractivity contribution in [1.82, 2.24) is 9.80 Å². The molecule has 0 spiro atoms. The van der Waals surface area contributed by atoms with Crippen LogP contribution >= 0.6 is 11.6 Å². The van der Waals surface area contributed by atoms with Gasteiger partial charge in [0.25, 0.3) is 0 Å². The summed E-state index contributed by atoms with van der Waals surface area (Å²) in [7, 11) is 4.32. The quantitative estimate of drug-likeness (QED) is 0.848. The van der Waals surface area contributed by atoms with Crippen molar-refractivity contribution < 1.29 is 0 Å². The number of benzene rings is 1. The number of likely N-dealkylation sites (tertiary alicyclic amines) is 1. The van der Waals surface area contributed by atoms with Gasteiger partial charge in [0, 0.05) is 24.2 Å². The van der Waals surface area contributed by atoms with Crippen LogP contribution in [0.15, 0.2) is 18.2 Å². The van der Waals surface area contributed by atoms with Crippen LogP contribution in [0, 0.1) is 11.3 Å². The lowest BCUT2D eigenvalue weighted by atomic mass is 10.1. The van der Waals surface area contributed by atoms with E-state index in [4.69, 9.17) is 16.9 Å². The lowest BCUT2D eigenvalue weighted by Crippen LogP contribution is -2.36. The molecule has 1 aliphatic rings. The van der Waals surface area contributed by atoms with Crippen molar-refractivity contribution in [2.24, 2.45) is 0 Å². The third-order valence-electron chi connectivity index (χ3n) is 3.82. The Balaban J connectivity index is 1.95. The maximum absolute atomic E-state index is 8.83. The van der Waals surface area contributed by atoms with Gasteiger partial charge in [-0.3, -0.25) is 0 Å². The predicted molar refractivity (Wildman–Crippen MR) is 78.2 cm³/mol. The average Bonchev–Trinajstić information content (AvgIpc) is 2.77. The van der Waals surface area contributed by atoms with Crippen molar-refractivity contribution in [2.75, 3.05) is 27.2 Å². The Morgan fingerprint density at radius 2 is 2.32 bits per heavy atom. The number of nitriles is 1. The third kappa shape index (κ3) is 3.70. The van der Waals surface area contributed by atoms with E-state index in [1.807, 2.05) is 12.1 Å². The van der Waals surface area contributed by atoms with Gasteiger partial charge >= 0.3 is 0 Å². The van der Waals surface area contributed by atoms with Gasteiger partial charge in [-0.15, -0.1) is 0 Å². The number of rotatable bonds is 4. The molecule has 1 aromatic carbocycles. The molecule has 19 heavy (non-hydrogen) atoms. The summed E-state index contributed by atoms with van der Waals surface area (Å²) in [6.45, 7) is 3.10. The highest BCUT2D eigenvalue weighted by atomic mass is 35.5. The molecule has 102 valence electrons. The lowest BCUT2D eigenvalue weighted by molar-refractivity contribution is 0.215. The molecule has 1 atom stereocenters. The summed E-state index contributed by atoms with van der Waals surface area (Å²) in [6.07, 6.45) is 2.58. The van der Waals surface area contributed by atoms with Crippen LogP contribution in [0.5, 0.6) is 0 Å². The Bertz CT molecular complexity index is 481. The molecule has 4 heteroatoms. The zero-order valence-electron chi connectivity index (χ0n) is 11.6. The zero-order valence-corrected chi connectivity index (χ0v) is 12.3. The van der Waals surface area contributed by atoms with Gasteiger partial charge in [-0.1, -0.05) is 17.7 Å². The van der Waals surface area contributed by atoms with E-state index in [0.717, 1.165) is 18.7 Å². The number of likely N-dealkylation sites (N-methyl/N-ethyl adjacent to an activating group) is 2. The predicted octanol–water partition coefficient (Wildman–Crippen LogP) is 2.74. The monoisotopic (exact) mass is 277 g/mol. The summed E-state index contributed by atoms with van der Waals surface area (Å²) in [6, 6.07) is 8.29. The van der Waals surface area contributed by atoms with E-state index in [1.54, 1.807) is 6.07 Å². The first kappa shape index (κ1) is 14.3. The number of nitrogens with zero attached hydrogens (tertiary/aromatic N) is 3. The molecule has 3 nitrogen and oxygen atoms in total. The van der Waals surface area contributed by atoms with Crippen molar-refractivity contribution in [2.45, 2.75) is 25.4 Å². The second-order valence-electron chi connectivity index (χ2n) is 5.39. The highest BCUT2D eigenvalue weighted by Crippen LogP contribution is 2.21. The Hall–Kier alpha value is -1.08. The van der Waals surface area contributed by atoms with E-state index in [2.05, 4.69) is 30.0 Å². The number of hydrogen-bond donors (Lipinski definition) is 0. The molecule has 1 aromatic rings. The molecule has 0 bridgehead atoms. The maximum Gasteiger partial charge on any atom is 0.0992 e. The van der Waals surface area contributed by atoms with Crippen LogP contribution < -0.4 is 0 Å². The van der Waals surface area contributed by atoms with E-state index in [0.29, 0.717) is 16.6 Å². The first-order chi connectivity index (χ1) is 9.10. The van der Waals surface area contributed by atoms with Gasteiger partial charge < -0.3 is 9.80 Å². The molecular formula is C15H20ClN3. The molecule has 1 saturated heterocycles. The van der Waals surface area contributed by atoms with Crippen LogP contribution in [0.25, 0.3) is 0 Å². The van der Waals surface area contributed by atoms with Crippen molar-refractivity contribution in [3.05, 3.63) is 34.3 Å². The zero-order chi connectivity index (χ0) is 13.8. The number of halogens is 1. The molecule has 1 aliphatic heterocycles. The van der Waals surface area contributed by atoms with Crippen LogP contribution in [0.1, 0.15) is 24.0 Å². The van der Waals surface area contributed by atoms with Gasteiger partial charge in [-0.2, -0.15) is 5.26 Å². The van der Waals surface area contributed by atoms with Crippen LogP contribution in [-0.4, -0.2) is 43.0 Å². The van der Waals surface area contributed by atoms with E-state index in [9.17, 15) is 0 Å². The first-order valence-corrected chi connectivity index (χ1v) is 7.05. The maximum atomic E-state index is 8.83. The summed E-state index contributed by atoms with van der Waals surface area (Å²) in [5.74, 6) is 0. The second-order valence-corrected chi connectivity index (χ2v) is 5.80. The van der Waals surface area contributed by atoms with Gasteiger partial charge in [0.2, 0.25) is 0 Å². The van der Waals surface area contributed by atoms with E-state index < -0.39 is 0 Å². The van der Waals surface area contributed by atoms with E-state index >= 15 is 0 Å². The van der Waals surface area contributed by atoms with Gasteiger partial charge in [0.05, 0.1) is 11.6 Å². The average molecular weight is 278 g/mol. The highest BCUT2D eigenvalue weighted by molar-refractivity contribution is 6.31. The van der Waals surface area contributed by atoms with Gasteiger partial charge in [-0.25, -0.2) is 0 Å². The summed E-state index contributed by atoms with van der Waals surface area (Å²) in [5, 5.41) is 9.51. The summed E-state index contributed by atoms with van der Waals surface area (Å²) < 4.78 is 0. The minimum absolute atomic E-state index is 0.618. The standard InChI is InChI=1S/C15H20ClN3/c1-18(11-14-4-3-7-19(14)2)10-13-6-5-12(9-17)8-15(13)16/h5-6,8,14H,3-4,7,10-11H2,1-2H3. The van der Waals surface area contributed by atoms with Crippen LogP contribution in [0.2, 0.25) is 5.02 Å². The molecule has 1 unspecified atom stereocenters. The minimum atomic E-state index is 0.618. The smallest absolute Gasteiger partial charge is 0.0992 e. The summed E-state index contributed by atoms with van der Waals surface area (Å²) in [4.78, 5) is 4.73. The van der Waals surface area contributed by atoms with Crippen LogP contribution in [0.3, 0.4) is 0 Å². The molecule has 0 N–H and O–H groups in total. The Morgan fingerprint density at radius 3 is 2.89 bits per heavy atom. The Kier molecular flexibility index (Phi) is 4.81. The molecule has 0 aliphatic carbocycles. The van der Waals surface area contributed by atoms with Crippen LogP contribution in [-0.2, 0) is 6.54 Å². The topological polar surface area (TPSA) is 30.3 Å². The SMILES string of the molecule is CN(Cc1ccc(C#N)cc1Cl)CC1CCCN1C. The fraction of sp³-hybridized carbons (Fsp3) is 0.533. The van der Waals surface area contributed by atoms with Crippen molar-refractivity contribution >= 4 is 11.6 Å². The first-order valence-electron chi connectivity index (χ1n) is 6.67. The van der Waals surface area contributed by atoms with Crippen molar-refractivity contribution in [3.63, 3.8) is 0 Å². The number of hydrogen-bond acceptors (Lipinski definition) is 3. The molecule has 0 radical (unpaired) electrons. The molecule has 2 rings (SSSR count). The second kappa shape index (κ2) is 6.38. The molecule has 0 aromatic heterocycles. The fourth-order valence-corrected chi connectivity index (χ4v) is 2.91. The summed E-state index contributed by atoms with van der Waals surface area (Å²) >= 11 is 6.21. The molecule has 0 amide bonds. The van der Waals surface area contributed by atoms with Crippen LogP contribution in [0.4, 0.5) is 0 Å².